The van der Waals surface area contributed by atoms with Crippen molar-refractivity contribution in [2.45, 2.75) is 54.2 Å². The fourth-order valence-electron chi connectivity index (χ4n) is 4.02. The van der Waals surface area contributed by atoms with Gasteiger partial charge in [-0.1, -0.05) is 36.4 Å². The van der Waals surface area contributed by atoms with Crippen LogP contribution >= 0.6 is 11.8 Å². The Kier molecular flexibility index (Phi) is 7.36. The van der Waals surface area contributed by atoms with Crippen LogP contribution in [0.15, 0.2) is 53.4 Å². The second-order valence-electron chi connectivity index (χ2n) is 7.93. The molecule has 1 aliphatic heterocycles. The maximum Gasteiger partial charge on any atom is 0.391 e. The Morgan fingerprint density at radius 1 is 1.09 bits per heavy atom. The molecule has 0 amide bonds. The number of thioether (sulfide) groups is 1. The maximum atomic E-state index is 13.6. The third-order valence-corrected chi connectivity index (χ3v) is 6.61. The highest BCUT2D eigenvalue weighted by Gasteiger charge is 2.47. The van der Waals surface area contributed by atoms with E-state index in [0.717, 1.165) is 11.8 Å². The van der Waals surface area contributed by atoms with E-state index in [9.17, 15) is 31.4 Å². The van der Waals surface area contributed by atoms with Gasteiger partial charge in [0.1, 0.15) is 5.75 Å². The summed E-state index contributed by atoms with van der Waals surface area (Å²) in [6.07, 6.45) is -15.0. The highest BCUT2D eigenvalue weighted by molar-refractivity contribution is 7.99. The van der Waals surface area contributed by atoms with Crippen LogP contribution in [0.1, 0.15) is 36.4 Å². The number of ether oxygens (including phenoxy) is 1. The molecule has 0 aromatic heterocycles. The lowest BCUT2D eigenvalue weighted by atomic mass is 9.86. The number of aliphatic hydroxyl groups is 1. The molecule has 2 aromatic rings. The Balaban J connectivity index is 2.06. The molecule has 1 unspecified atom stereocenters. The van der Waals surface area contributed by atoms with Crippen LogP contribution in [0.3, 0.4) is 0 Å². The molecule has 0 saturated carbocycles. The summed E-state index contributed by atoms with van der Waals surface area (Å²) in [4.78, 5) is 0.667. The van der Waals surface area contributed by atoms with E-state index in [4.69, 9.17) is 4.74 Å². The first-order valence-electron chi connectivity index (χ1n) is 9.85. The van der Waals surface area contributed by atoms with Crippen molar-refractivity contribution in [3.63, 3.8) is 0 Å². The third-order valence-electron chi connectivity index (χ3n) is 5.25. The van der Waals surface area contributed by atoms with E-state index in [0.29, 0.717) is 21.8 Å². The van der Waals surface area contributed by atoms with Crippen molar-refractivity contribution in [3.8, 4) is 5.75 Å². The summed E-state index contributed by atoms with van der Waals surface area (Å²) in [5, 5.41) is 13.1. The van der Waals surface area contributed by atoms with Gasteiger partial charge in [0, 0.05) is 16.2 Å². The lowest BCUT2D eigenvalue weighted by Gasteiger charge is -2.39. The molecule has 0 aliphatic carbocycles. The van der Waals surface area contributed by atoms with Crippen LogP contribution < -0.4 is 10.1 Å². The summed E-state index contributed by atoms with van der Waals surface area (Å²) >= 11 is 1.11. The van der Waals surface area contributed by atoms with Gasteiger partial charge in [0.15, 0.2) is 0 Å². The SMILES string of the molecule is COc1ccc2c(c1)SC[C@@](CC(O)CC(F)(F)F)(CC(F)(F)F)N[C@H]2c1ccccc1. The number of benzene rings is 2. The Labute approximate surface area is 186 Å². The predicted octanol–water partition coefficient (Wildman–Crippen LogP) is 5.87. The highest BCUT2D eigenvalue weighted by Crippen LogP contribution is 2.45. The molecule has 0 bridgehead atoms. The van der Waals surface area contributed by atoms with Crippen molar-refractivity contribution in [1.29, 1.82) is 0 Å². The maximum absolute atomic E-state index is 13.6. The van der Waals surface area contributed by atoms with Gasteiger partial charge in [-0.3, -0.25) is 5.32 Å². The lowest BCUT2D eigenvalue weighted by molar-refractivity contribution is -0.164. The summed E-state index contributed by atoms with van der Waals surface area (Å²) < 4.78 is 84.5. The quantitative estimate of drug-likeness (QED) is 0.509. The lowest BCUT2D eigenvalue weighted by Crippen LogP contribution is -2.53. The van der Waals surface area contributed by atoms with Gasteiger partial charge in [-0.05, 0) is 29.7 Å². The van der Waals surface area contributed by atoms with E-state index in [2.05, 4.69) is 5.32 Å². The van der Waals surface area contributed by atoms with Crippen LogP contribution in [-0.4, -0.2) is 42.0 Å². The van der Waals surface area contributed by atoms with Gasteiger partial charge >= 0.3 is 12.4 Å². The minimum absolute atomic E-state index is 0.176. The molecule has 176 valence electrons. The second-order valence-corrected chi connectivity index (χ2v) is 8.95. The molecule has 3 atom stereocenters. The first-order valence-corrected chi connectivity index (χ1v) is 10.8. The van der Waals surface area contributed by atoms with Gasteiger partial charge in [-0.25, -0.2) is 0 Å². The molecule has 1 heterocycles. The molecular weight excluding hydrogens is 456 g/mol. The van der Waals surface area contributed by atoms with Gasteiger partial charge < -0.3 is 9.84 Å². The average Bonchev–Trinajstić information content (AvgIpc) is 2.83. The first kappa shape index (κ1) is 24.7. The topological polar surface area (TPSA) is 41.5 Å². The number of hydrogen-bond acceptors (Lipinski definition) is 4. The Hall–Kier alpha value is -1.91. The number of alkyl halides is 6. The van der Waals surface area contributed by atoms with E-state index >= 15 is 0 Å². The van der Waals surface area contributed by atoms with E-state index in [1.54, 1.807) is 48.5 Å². The molecule has 0 spiro atoms. The minimum atomic E-state index is -4.69. The molecule has 2 N–H and O–H groups in total. The zero-order valence-electron chi connectivity index (χ0n) is 17.1. The summed E-state index contributed by atoms with van der Waals surface area (Å²) in [6.45, 7) is 0. The van der Waals surface area contributed by atoms with Crippen molar-refractivity contribution >= 4 is 11.8 Å². The summed E-state index contributed by atoms with van der Waals surface area (Å²) in [5.41, 5.74) is -0.463. The smallest absolute Gasteiger partial charge is 0.391 e. The van der Waals surface area contributed by atoms with Gasteiger partial charge in [0.25, 0.3) is 0 Å². The monoisotopic (exact) mass is 479 g/mol. The molecule has 3 nitrogen and oxygen atoms in total. The second kappa shape index (κ2) is 9.52. The normalized spacial score (nSPS) is 22.7. The van der Waals surface area contributed by atoms with Crippen molar-refractivity contribution in [1.82, 2.24) is 5.32 Å². The van der Waals surface area contributed by atoms with E-state index in [1.165, 1.54) is 7.11 Å². The van der Waals surface area contributed by atoms with Crippen LogP contribution in [0.5, 0.6) is 5.75 Å². The zero-order valence-corrected chi connectivity index (χ0v) is 17.9. The molecule has 32 heavy (non-hydrogen) atoms. The Morgan fingerprint density at radius 3 is 2.38 bits per heavy atom. The molecule has 0 radical (unpaired) electrons. The van der Waals surface area contributed by atoms with E-state index in [1.807, 2.05) is 0 Å². The van der Waals surface area contributed by atoms with Crippen molar-refractivity contribution in [2.24, 2.45) is 0 Å². The van der Waals surface area contributed by atoms with Crippen molar-refractivity contribution < 1.29 is 36.2 Å². The van der Waals surface area contributed by atoms with Crippen molar-refractivity contribution in [3.05, 3.63) is 59.7 Å². The van der Waals surface area contributed by atoms with Crippen LogP contribution in [0, 0.1) is 0 Å². The number of rotatable bonds is 6. The number of hydrogen-bond donors (Lipinski definition) is 2. The molecule has 2 aromatic carbocycles. The minimum Gasteiger partial charge on any atom is -0.497 e. The van der Waals surface area contributed by atoms with Crippen LogP contribution in [0.25, 0.3) is 0 Å². The number of nitrogens with one attached hydrogen (secondary N) is 1. The first-order chi connectivity index (χ1) is 14.9. The predicted molar refractivity (Wildman–Crippen MR) is 110 cm³/mol. The third kappa shape index (κ3) is 6.55. The summed E-state index contributed by atoms with van der Waals surface area (Å²) in [6, 6.07) is 13.1. The van der Waals surface area contributed by atoms with Crippen LogP contribution in [-0.2, 0) is 0 Å². The summed E-state index contributed by atoms with van der Waals surface area (Å²) in [5.74, 6) is 0.341. The standard InChI is InChI=1S/C22H23F6NO2S/c1-31-16-7-8-17-18(9-16)32-13-20(12-22(26,27)28,10-15(30)11-21(23,24)25)29-19(17)14-5-3-2-4-6-14/h2-9,15,19,29-30H,10-13H2,1H3/t15?,19-,20+/m0/s1. The number of fused-ring (bicyclic) bond motifs is 1. The van der Waals surface area contributed by atoms with E-state index in [-0.39, 0.29) is 5.75 Å². The molecule has 10 heteroatoms. The van der Waals surface area contributed by atoms with Gasteiger partial charge in [0.2, 0.25) is 0 Å². The highest BCUT2D eigenvalue weighted by atomic mass is 32.2. The Morgan fingerprint density at radius 2 is 1.78 bits per heavy atom. The fourth-order valence-corrected chi connectivity index (χ4v) is 5.31. The van der Waals surface area contributed by atoms with Gasteiger partial charge in [-0.2, -0.15) is 26.3 Å². The molecule has 1 aliphatic rings. The number of methoxy groups -OCH3 is 1. The molecular formula is C22H23F6NO2S. The zero-order chi connectivity index (χ0) is 23.6. The van der Waals surface area contributed by atoms with Crippen molar-refractivity contribution in [2.75, 3.05) is 12.9 Å². The van der Waals surface area contributed by atoms with Crippen LogP contribution in [0.4, 0.5) is 26.3 Å². The van der Waals surface area contributed by atoms with Gasteiger partial charge in [0.05, 0.1) is 32.1 Å². The van der Waals surface area contributed by atoms with Gasteiger partial charge in [-0.15, -0.1) is 11.8 Å². The van der Waals surface area contributed by atoms with Crippen LogP contribution in [0.2, 0.25) is 0 Å². The average molecular weight is 479 g/mol. The molecule has 0 saturated heterocycles. The van der Waals surface area contributed by atoms with E-state index < -0.39 is 49.3 Å². The number of halogens is 6. The summed E-state index contributed by atoms with van der Waals surface area (Å²) in [7, 11) is 1.47. The molecule has 3 rings (SSSR count). The fraction of sp³-hybridized carbons (Fsp3) is 0.455. The Bertz CT molecular complexity index is 906. The molecule has 0 fully saturated rings. The number of aliphatic hydroxyl groups excluding tert-OH is 1. The largest absolute Gasteiger partial charge is 0.497 e.